The Morgan fingerprint density at radius 1 is 0.853 bits per heavy atom. The molecule has 0 radical (unpaired) electrons. The fraction of sp³-hybridized carbons (Fsp3) is 0.233. The van der Waals surface area contributed by atoms with E-state index in [0.717, 1.165) is 42.5 Å². The standard InChI is InChI=1S/C19H24N2O2.C11H12/c20-18-11-9-16(10-12-18)15-5-7-17(8-6-15)19(23)21-13-3-1-2-4-14-22;1-3-10(4-2)11-8-6-5-7-9-11/h5-12,22H,1-4,13-14,20H2,(H,21,23);3-9H,1H2,2H3/b;10-4+. The number of hydrogen-bond donors (Lipinski definition) is 3. The van der Waals surface area contributed by atoms with Crippen LogP contribution in [0.15, 0.2) is 97.6 Å². The molecule has 0 unspecified atom stereocenters. The van der Waals surface area contributed by atoms with Crippen molar-refractivity contribution >= 4 is 17.2 Å². The van der Waals surface area contributed by atoms with Crippen LogP contribution in [0.3, 0.4) is 0 Å². The second-order valence-electron chi connectivity index (χ2n) is 7.91. The number of rotatable bonds is 10. The average Bonchev–Trinajstić information content (AvgIpc) is 2.88. The minimum Gasteiger partial charge on any atom is -0.399 e. The van der Waals surface area contributed by atoms with E-state index in [0.29, 0.717) is 12.1 Å². The lowest BCUT2D eigenvalue weighted by Gasteiger charge is -2.07. The molecule has 0 bridgehead atoms. The molecular weight excluding hydrogens is 420 g/mol. The van der Waals surface area contributed by atoms with Gasteiger partial charge >= 0.3 is 0 Å². The number of amides is 1. The van der Waals surface area contributed by atoms with E-state index in [9.17, 15) is 4.79 Å². The highest BCUT2D eigenvalue weighted by Gasteiger charge is 2.05. The van der Waals surface area contributed by atoms with Crippen molar-refractivity contribution in [3.63, 3.8) is 0 Å². The van der Waals surface area contributed by atoms with Gasteiger partial charge in [0.2, 0.25) is 0 Å². The van der Waals surface area contributed by atoms with Gasteiger partial charge in [0, 0.05) is 24.4 Å². The van der Waals surface area contributed by atoms with Gasteiger partial charge < -0.3 is 16.2 Å². The van der Waals surface area contributed by atoms with Crippen molar-refractivity contribution in [1.82, 2.24) is 5.32 Å². The van der Waals surface area contributed by atoms with E-state index in [1.54, 1.807) is 0 Å². The summed E-state index contributed by atoms with van der Waals surface area (Å²) in [6.45, 7) is 6.67. The Kier molecular flexibility index (Phi) is 11.9. The third-order valence-corrected chi connectivity index (χ3v) is 5.40. The van der Waals surface area contributed by atoms with Crippen LogP contribution >= 0.6 is 0 Å². The Bertz CT molecular complexity index is 1020. The van der Waals surface area contributed by atoms with Gasteiger partial charge in [-0.1, -0.05) is 86.2 Å². The molecule has 1 amide bonds. The zero-order valence-corrected chi connectivity index (χ0v) is 20.0. The Labute approximate surface area is 203 Å². The van der Waals surface area contributed by atoms with E-state index < -0.39 is 0 Å². The third kappa shape index (κ3) is 9.08. The van der Waals surface area contributed by atoms with Crippen molar-refractivity contribution in [2.45, 2.75) is 32.6 Å². The maximum Gasteiger partial charge on any atom is 0.251 e. The van der Waals surface area contributed by atoms with E-state index in [-0.39, 0.29) is 12.5 Å². The predicted octanol–water partition coefficient (Wildman–Crippen LogP) is 6.49. The summed E-state index contributed by atoms with van der Waals surface area (Å²) in [7, 11) is 0. The normalized spacial score (nSPS) is 10.7. The van der Waals surface area contributed by atoms with Crippen LogP contribution in [0.5, 0.6) is 0 Å². The molecule has 0 saturated heterocycles. The first-order valence-corrected chi connectivity index (χ1v) is 11.8. The highest BCUT2D eigenvalue weighted by molar-refractivity contribution is 5.94. The Hall–Kier alpha value is -3.63. The second kappa shape index (κ2) is 15.3. The molecule has 0 spiro atoms. The second-order valence-corrected chi connectivity index (χ2v) is 7.91. The number of benzene rings is 3. The topological polar surface area (TPSA) is 75.4 Å². The van der Waals surface area contributed by atoms with Crippen molar-refractivity contribution < 1.29 is 9.90 Å². The van der Waals surface area contributed by atoms with Crippen LogP contribution in [-0.4, -0.2) is 24.2 Å². The maximum absolute atomic E-state index is 12.1. The molecule has 4 N–H and O–H groups in total. The van der Waals surface area contributed by atoms with Gasteiger partial charge in [-0.3, -0.25) is 4.79 Å². The zero-order chi connectivity index (χ0) is 24.6. The molecule has 0 aliphatic carbocycles. The van der Waals surface area contributed by atoms with Gasteiger partial charge in [0.1, 0.15) is 0 Å². The highest BCUT2D eigenvalue weighted by atomic mass is 16.2. The van der Waals surface area contributed by atoms with Gasteiger partial charge in [-0.05, 0) is 66.3 Å². The summed E-state index contributed by atoms with van der Waals surface area (Å²) in [5, 5.41) is 11.6. The minimum atomic E-state index is -0.0454. The van der Waals surface area contributed by atoms with Crippen LogP contribution in [0.25, 0.3) is 16.7 Å². The van der Waals surface area contributed by atoms with Gasteiger partial charge in [0.25, 0.3) is 5.91 Å². The number of allylic oxidation sites excluding steroid dienone is 3. The smallest absolute Gasteiger partial charge is 0.251 e. The number of unbranched alkanes of at least 4 members (excludes halogenated alkanes) is 3. The number of aliphatic hydroxyl groups excluding tert-OH is 1. The van der Waals surface area contributed by atoms with Crippen molar-refractivity contribution in [2.75, 3.05) is 18.9 Å². The first-order chi connectivity index (χ1) is 16.6. The fourth-order valence-corrected chi connectivity index (χ4v) is 3.42. The lowest BCUT2D eigenvalue weighted by atomic mass is 10.0. The summed E-state index contributed by atoms with van der Waals surface area (Å²) in [4.78, 5) is 12.1. The van der Waals surface area contributed by atoms with Crippen LogP contribution in [-0.2, 0) is 0 Å². The van der Waals surface area contributed by atoms with Crippen LogP contribution in [0.2, 0.25) is 0 Å². The van der Waals surface area contributed by atoms with E-state index in [2.05, 4.69) is 30.1 Å². The zero-order valence-electron chi connectivity index (χ0n) is 20.0. The van der Waals surface area contributed by atoms with Crippen LogP contribution < -0.4 is 11.1 Å². The van der Waals surface area contributed by atoms with E-state index in [1.807, 2.05) is 79.7 Å². The molecule has 0 aliphatic rings. The lowest BCUT2D eigenvalue weighted by molar-refractivity contribution is 0.0953. The fourth-order valence-electron chi connectivity index (χ4n) is 3.42. The average molecular weight is 457 g/mol. The van der Waals surface area contributed by atoms with Crippen molar-refractivity contribution in [3.8, 4) is 11.1 Å². The number of aliphatic hydroxyl groups is 1. The van der Waals surface area contributed by atoms with Gasteiger partial charge in [-0.25, -0.2) is 0 Å². The molecule has 0 saturated carbocycles. The number of hydrogen-bond acceptors (Lipinski definition) is 3. The Morgan fingerprint density at radius 3 is 2.00 bits per heavy atom. The molecule has 0 heterocycles. The molecule has 4 heteroatoms. The van der Waals surface area contributed by atoms with Crippen molar-refractivity contribution in [3.05, 3.63) is 109 Å². The van der Waals surface area contributed by atoms with E-state index in [4.69, 9.17) is 10.8 Å². The molecule has 178 valence electrons. The third-order valence-electron chi connectivity index (χ3n) is 5.40. The molecule has 3 rings (SSSR count). The number of carbonyl (C=O) groups is 1. The van der Waals surface area contributed by atoms with E-state index in [1.165, 1.54) is 11.1 Å². The minimum absolute atomic E-state index is 0.0454. The SMILES string of the molecule is C=C/C(=C\C)c1ccccc1.Nc1ccc(-c2ccc(C(=O)NCCCCCCO)cc2)cc1. The van der Waals surface area contributed by atoms with Gasteiger partial charge in [0.15, 0.2) is 0 Å². The van der Waals surface area contributed by atoms with Crippen LogP contribution in [0.1, 0.15) is 48.5 Å². The molecule has 0 aromatic heterocycles. The summed E-state index contributed by atoms with van der Waals surface area (Å²) >= 11 is 0. The molecule has 0 atom stereocenters. The number of anilines is 1. The molecule has 0 fully saturated rings. The summed E-state index contributed by atoms with van der Waals surface area (Å²) in [5.41, 5.74) is 11.6. The first kappa shape index (κ1) is 26.6. The maximum atomic E-state index is 12.1. The Morgan fingerprint density at radius 2 is 1.44 bits per heavy atom. The predicted molar refractivity (Wildman–Crippen MR) is 144 cm³/mol. The molecule has 3 aromatic rings. The largest absolute Gasteiger partial charge is 0.399 e. The molecular formula is C30H36N2O2. The summed E-state index contributed by atoms with van der Waals surface area (Å²) in [5.74, 6) is -0.0454. The van der Waals surface area contributed by atoms with Crippen LogP contribution in [0.4, 0.5) is 5.69 Å². The van der Waals surface area contributed by atoms with Crippen LogP contribution in [0, 0.1) is 0 Å². The van der Waals surface area contributed by atoms with Gasteiger partial charge in [0.05, 0.1) is 0 Å². The summed E-state index contributed by atoms with van der Waals surface area (Å²) < 4.78 is 0. The highest BCUT2D eigenvalue weighted by Crippen LogP contribution is 2.21. The Balaban J connectivity index is 0.000000310. The van der Waals surface area contributed by atoms with Crippen molar-refractivity contribution in [2.24, 2.45) is 0 Å². The molecule has 4 nitrogen and oxygen atoms in total. The molecule has 34 heavy (non-hydrogen) atoms. The van der Waals surface area contributed by atoms with Gasteiger partial charge in [-0.15, -0.1) is 0 Å². The molecule has 3 aromatic carbocycles. The number of nitrogen functional groups attached to an aromatic ring is 1. The van der Waals surface area contributed by atoms with Crippen molar-refractivity contribution in [1.29, 1.82) is 0 Å². The number of nitrogens with one attached hydrogen (secondary N) is 1. The molecule has 0 aliphatic heterocycles. The lowest BCUT2D eigenvalue weighted by Crippen LogP contribution is -2.24. The van der Waals surface area contributed by atoms with Gasteiger partial charge in [-0.2, -0.15) is 0 Å². The number of carbonyl (C=O) groups excluding carboxylic acids is 1. The number of nitrogens with two attached hydrogens (primary N) is 1. The van der Waals surface area contributed by atoms with E-state index >= 15 is 0 Å². The quantitative estimate of drug-likeness (QED) is 0.185. The monoisotopic (exact) mass is 456 g/mol. The summed E-state index contributed by atoms with van der Waals surface area (Å²) in [6, 6.07) is 25.5. The first-order valence-electron chi connectivity index (χ1n) is 11.8. The summed E-state index contributed by atoms with van der Waals surface area (Å²) in [6.07, 6.45) is 7.73.